The Bertz CT molecular complexity index is 1010. The fourth-order valence-electron chi connectivity index (χ4n) is 2.93. The molecule has 6 nitrogen and oxygen atoms in total. The largest absolute Gasteiger partial charge is 0.497 e. The molecule has 0 bridgehead atoms. The quantitative estimate of drug-likeness (QED) is 0.533. The molecular weight excluding hydrogens is 400 g/mol. The Morgan fingerprint density at radius 1 is 1.03 bits per heavy atom. The van der Waals surface area contributed by atoms with E-state index in [1.807, 2.05) is 36.4 Å². The highest BCUT2D eigenvalue weighted by Crippen LogP contribution is 2.27. The van der Waals surface area contributed by atoms with Crippen LogP contribution in [-0.4, -0.2) is 29.2 Å². The lowest BCUT2D eigenvalue weighted by molar-refractivity contribution is -0.118. The number of hydrogen-bond acceptors (Lipinski definition) is 5. The molecule has 30 heavy (non-hydrogen) atoms. The molecule has 0 aliphatic rings. The van der Waals surface area contributed by atoms with Gasteiger partial charge in [-0.3, -0.25) is 9.78 Å². The maximum Gasteiger partial charge on any atom is 0.154 e. The molecule has 1 N–H and O–H groups in total. The number of benzene rings is 2. The lowest BCUT2D eigenvalue weighted by atomic mass is 10.0. The third-order valence-corrected chi connectivity index (χ3v) is 5.69. The lowest BCUT2D eigenvalue weighted by Crippen LogP contribution is -2.07. The number of methoxy groups -OCH3 is 2. The molecule has 1 unspecified atom stereocenters. The van der Waals surface area contributed by atoms with Crippen LogP contribution in [0.25, 0.3) is 0 Å². The van der Waals surface area contributed by atoms with Gasteiger partial charge in [0.25, 0.3) is 0 Å². The third-order valence-electron chi connectivity index (χ3n) is 4.55. The van der Waals surface area contributed by atoms with Crippen molar-refractivity contribution in [1.82, 2.24) is 4.98 Å². The van der Waals surface area contributed by atoms with Gasteiger partial charge in [0.2, 0.25) is 0 Å². The van der Waals surface area contributed by atoms with Gasteiger partial charge in [-0.25, -0.2) is 4.21 Å². The standard InChI is InChI=1S/C23H24N2O4S/c1-28-21-11-12-22(29-2)23(15-21)30(27)25-19-8-5-17(6-9-19)14-20(26)10-7-18-4-3-13-24-16-18/h3-6,8-9,11-13,15-16,25H,7,10,14H2,1-2H3. The molecular formula is C23H24N2O4S. The molecule has 0 amide bonds. The molecule has 1 heterocycles. The van der Waals surface area contributed by atoms with Gasteiger partial charge in [0, 0.05) is 37.0 Å². The van der Waals surface area contributed by atoms with E-state index >= 15 is 0 Å². The lowest BCUT2D eigenvalue weighted by Gasteiger charge is -2.12. The first-order chi connectivity index (χ1) is 14.6. The molecule has 3 rings (SSSR count). The van der Waals surface area contributed by atoms with E-state index in [1.165, 1.54) is 7.11 Å². The summed E-state index contributed by atoms with van der Waals surface area (Å²) in [7, 11) is 1.56. The molecule has 156 valence electrons. The van der Waals surface area contributed by atoms with E-state index in [0.29, 0.717) is 41.3 Å². The predicted octanol–water partition coefficient (Wildman–Crippen LogP) is 3.98. The maximum absolute atomic E-state index is 12.7. The molecule has 0 aliphatic carbocycles. The number of anilines is 1. The number of Topliss-reactive ketones (excluding diaryl/α,β-unsaturated/α-hetero) is 1. The van der Waals surface area contributed by atoms with Gasteiger partial charge in [-0.15, -0.1) is 0 Å². The van der Waals surface area contributed by atoms with Crippen LogP contribution in [0.1, 0.15) is 17.5 Å². The van der Waals surface area contributed by atoms with Crippen LogP contribution in [0.5, 0.6) is 11.5 Å². The summed E-state index contributed by atoms with van der Waals surface area (Å²) >= 11 is 0. The van der Waals surface area contributed by atoms with Crippen molar-refractivity contribution in [2.75, 3.05) is 18.9 Å². The van der Waals surface area contributed by atoms with Crippen LogP contribution >= 0.6 is 0 Å². The first kappa shape index (κ1) is 21.5. The van der Waals surface area contributed by atoms with Crippen molar-refractivity contribution >= 4 is 22.5 Å². The molecule has 2 aromatic carbocycles. The number of ether oxygens (including phenoxy) is 2. The number of aryl methyl sites for hydroxylation is 1. The fraction of sp³-hybridized carbons (Fsp3) is 0.217. The molecule has 3 aromatic rings. The fourth-order valence-corrected chi connectivity index (χ4v) is 3.94. The number of ketones is 1. The van der Waals surface area contributed by atoms with Gasteiger partial charge in [-0.1, -0.05) is 18.2 Å². The molecule has 0 spiro atoms. The first-order valence-electron chi connectivity index (χ1n) is 9.49. The zero-order valence-corrected chi connectivity index (χ0v) is 17.8. The summed E-state index contributed by atoms with van der Waals surface area (Å²) < 4.78 is 26.2. The third kappa shape index (κ3) is 5.90. The van der Waals surface area contributed by atoms with Crippen LogP contribution in [0, 0.1) is 0 Å². The van der Waals surface area contributed by atoms with Gasteiger partial charge in [-0.2, -0.15) is 0 Å². The van der Waals surface area contributed by atoms with Crippen LogP contribution in [0.15, 0.2) is 71.9 Å². The van der Waals surface area contributed by atoms with Crippen LogP contribution in [0.2, 0.25) is 0 Å². The van der Waals surface area contributed by atoms with Crippen LogP contribution in [0.3, 0.4) is 0 Å². The highest BCUT2D eigenvalue weighted by atomic mass is 32.2. The van der Waals surface area contributed by atoms with Crippen molar-refractivity contribution in [3.05, 3.63) is 78.1 Å². The van der Waals surface area contributed by atoms with Crippen molar-refractivity contribution in [2.24, 2.45) is 0 Å². The van der Waals surface area contributed by atoms with Crippen molar-refractivity contribution in [3.63, 3.8) is 0 Å². The van der Waals surface area contributed by atoms with E-state index in [9.17, 15) is 9.00 Å². The van der Waals surface area contributed by atoms with E-state index in [1.54, 1.807) is 37.7 Å². The number of aromatic nitrogens is 1. The average Bonchev–Trinajstić information content (AvgIpc) is 2.79. The number of hydrogen-bond donors (Lipinski definition) is 1. The second-order valence-electron chi connectivity index (χ2n) is 6.66. The number of nitrogens with one attached hydrogen (secondary N) is 1. The number of nitrogens with zero attached hydrogens (tertiary/aromatic N) is 1. The zero-order valence-electron chi connectivity index (χ0n) is 17.0. The van der Waals surface area contributed by atoms with E-state index in [0.717, 1.165) is 11.1 Å². The summed E-state index contributed by atoms with van der Waals surface area (Å²) in [5.41, 5.74) is 2.66. The predicted molar refractivity (Wildman–Crippen MR) is 117 cm³/mol. The Morgan fingerprint density at radius 2 is 1.83 bits per heavy atom. The minimum atomic E-state index is -1.53. The number of carbonyl (C=O) groups is 1. The summed E-state index contributed by atoms with van der Waals surface area (Å²) in [5.74, 6) is 1.28. The van der Waals surface area contributed by atoms with Crippen LogP contribution in [-0.2, 0) is 28.6 Å². The van der Waals surface area contributed by atoms with E-state index in [4.69, 9.17) is 9.47 Å². The van der Waals surface area contributed by atoms with Crippen molar-refractivity contribution in [2.45, 2.75) is 24.2 Å². The molecule has 1 aromatic heterocycles. The highest BCUT2D eigenvalue weighted by Gasteiger charge is 2.13. The summed E-state index contributed by atoms with van der Waals surface area (Å²) in [6, 6.07) is 16.3. The second kappa shape index (κ2) is 10.5. The second-order valence-corrected chi connectivity index (χ2v) is 7.84. The summed E-state index contributed by atoms with van der Waals surface area (Å²) in [5, 5.41) is 0. The SMILES string of the molecule is COc1ccc(OC)c(S(=O)Nc2ccc(CC(=O)CCc3cccnc3)cc2)c1. The zero-order chi connectivity index (χ0) is 21.3. The van der Waals surface area contributed by atoms with Gasteiger partial charge >= 0.3 is 0 Å². The Hall–Kier alpha value is -3.19. The Kier molecular flexibility index (Phi) is 7.57. The van der Waals surface area contributed by atoms with E-state index in [-0.39, 0.29) is 5.78 Å². The summed E-state index contributed by atoms with van der Waals surface area (Å²) in [6.45, 7) is 0. The number of carbonyl (C=O) groups excluding carboxylic acids is 1. The highest BCUT2D eigenvalue weighted by molar-refractivity contribution is 7.86. The Labute approximate surface area is 178 Å². The van der Waals surface area contributed by atoms with Gasteiger partial charge in [0.05, 0.1) is 14.2 Å². The summed E-state index contributed by atoms with van der Waals surface area (Å²) in [6.07, 6.45) is 5.04. The van der Waals surface area contributed by atoms with Crippen molar-refractivity contribution in [1.29, 1.82) is 0 Å². The topological polar surface area (TPSA) is 77.5 Å². The minimum absolute atomic E-state index is 0.171. The molecule has 7 heteroatoms. The molecule has 0 aliphatic heterocycles. The minimum Gasteiger partial charge on any atom is -0.497 e. The van der Waals surface area contributed by atoms with Crippen LogP contribution < -0.4 is 14.2 Å². The Balaban J connectivity index is 1.58. The number of pyridine rings is 1. The maximum atomic E-state index is 12.7. The van der Waals surface area contributed by atoms with E-state index < -0.39 is 11.0 Å². The Morgan fingerprint density at radius 3 is 2.50 bits per heavy atom. The molecule has 0 fully saturated rings. The number of rotatable bonds is 10. The average molecular weight is 425 g/mol. The van der Waals surface area contributed by atoms with Gasteiger partial charge < -0.3 is 14.2 Å². The monoisotopic (exact) mass is 424 g/mol. The van der Waals surface area contributed by atoms with Gasteiger partial charge in [-0.05, 0) is 47.9 Å². The molecule has 0 radical (unpaired) electrons. The van der Waals surface area contributed by atoms with Gasteiger partial charge in [0.1, 0.15) is 22.2 Å². The molecule has 0 saturated carbocycles. The van der Waals surface area contributed by atoms with Crippen molar-refractivity contribution in [3.8, 4) is 11.5 Å². The normalized spacial score (nSPS) is 11.5. The van der Waals surface area contributed by atoms with Crippen LogP contribution in [0.4, 0.5) is 5.69 Å². The molecule has 1 atom stereocenters. The summed E-state index contributed by atoms with van der Waals surface area (Å²) in [4.78, 5) is 16.8. The van der Waals surface area contributed by atoms with Gasteiger partial charge in [0.15, 0.2) is 11.0 Å². The molecule has 0 saturated heterocycles. The smallest absolute Gasteiger partial charge is 0.154 e. The van der Waals surface area contributed by atoms with E-state index in [2.05, 4.69) is 9.71 Å². The van der Waals surface area contributed by atoms with Crippen molar-refractivity contribution < 1.29 is 18.5 Å². The first-order valence-corrected chi connectivity index (χ1v) is 10.6.